The molecular weight excluding hydrogens is 178 g/mol. The summed E-state index contributed by atoms with van der Waals surface area (Å²) >= 11 is 0. The molecule has 2 N–H and O–H groups in total. The smallest absolute Gasteiger partial charge is 0.161 e. The summed E-state index contributed by atoms with van der Waals surface area (Å²) in [6.07, 6.45) is 0.769. The molecule has 1 aromatic carbocycles. The third kappa shape index (κ3) is 1.53. The van der Waals surface area contributed by atoms with Crippen LogP contribution in [0.25, 0.3) is 0 Å². The first kappa shape index (κ1) is 10.4. The quantitative estimate of drug-likeness (QED) is 0.441. The molecule has 0 atom stereocenters. The normalized spacial score (nSPS) is 9.93. The predicted octanol–water partition coefficient (Wildman–Crippen LogP) is 1.90. The van der Waals surface area contributed by atoms with E-state index in [1.807, 2.05) is 0 Å². The highest BCUT2D eigenvalue weighted by molar-refractivity contribution is 6.01. The lowest BCUT2D eigenvalue weighted by Crippen LogP contribution is -2.06. The van der Waals surface area contributed by atoms with Crippen LogP contribution in [0.3, 0.4) is 0 Å². The van der Waals surface area contributed by atoms with Gasteiger partial charge in [-0.15, -0.1) is 0 Å². The van der Waals surface area contributed by atoms with Crippen molar-refractivity contribution in [1.29, 1.82) is 0 Å². The van der Waals surface area contributed by atoms with Crippen molar-refractivity contribution in [1.82, 2.24) is 0 Å². The maximum absolute atomic E-state index is 11.2. The molecule has 3 heteroatoms. The fourth-order valence-corrected chi connectivity index (χ4v) is 1.49. The maximum atomic E-state index is 11.2. The minimum Gasteiger partial charge on any atom is -0.398 e. The lowest BCUT2D eigenvalue weighted by molar-refractivity contribution is 0.101. The minimum absolute atomic E-state index is 0.0776. The molecule has 1 rings (SSSR count). The van der Waals surface area contributed by atoms with Gasteiger partial charge in [-0.3, -0.25) is 9.59 Å². The van der Waals surface area contributed by atoms with Gasteiger partial charge in [0.05, 0.1) is 0 Å². The predicted molar refractivity (Wildman–Crippen MR) is 55.7 cm³/mol. The molecule has 0 unspecified atom stereocenters. The number of nitrogen functional groups attached to an aromatic ring is 1. The van der Waals surface area contributed by atoms with Crippen LogP contribution in [0.15, 0.2) is 6.07 Å². The summed E-state index contributed by atoms with van der Waals surface area (Å²) in [5.74, 6) is -0.0776. The van der Waals surface area contributed by atoms with Crippen LogP contribution < -0.4 is 5.73 Å². The van der Waals surface area contributed by atoms with Crippen LogP contribution in [0.4, 0.5) is 5.69 Å². The molecule has 0 heterocycles. The van der Waals surface area contributed by atoms with Gasteiger partial charge < -0.3 is 5.73 Å². The number of carbonyl (C=O) groups is 2. The molecule has 0 saturated carbocycles. The Bertz CT molecular complexity index is 408. The molecular formula is C11H13NO2. The number of Topliss-reactive ketones (excluding diaryl/α,β-unsaturated/α-hetero) is 1. The van der Waals surface area contributed by atoms with Crippen LogP contribution >= 0.6 is 0 Å². The Balaban J connectivity index is 3.55. The molecule has 0 fully saturated rings. The highest BCUT2D eigenvalue weighted by Crippen LogP contribution is 2.23. The van der Waals surface area contributed by atoms with Gasteiger partial charge >= 0.3 is 0 Å². The largest absolute Gasteiger partial charge is 0.398 e. The summed E-state index contributed by atoms with van der Waals surface area (Å²) < 4.78 is 0. The highest BCUT2D eigenvalue weighted by Gasteiger charge is 2.12. The van der Waals surface area contributed by atoms with Crippen molar-refractivity contribution >= 4 is 17.8 Å². The first-order valence-electron chi connectivity index (χ1n) is 4.34. The van der Waals surface area contributed by atoms with Crippen LogP contribution in [0.2, 0.25) is 0 Å². The van der Waals surface area contributed by atoms with Gasteiger partial charge in [-0.25, -0.2) is 0 Å². The highest BCUT2D eigenvalue weighted by atomic mass is 16.1. The topological polar surface area (TPSA) is 60.2 Å². The van der Waals surface area contributed by atoms with E-state index in [-0.39, 0.29) is 5.78 Å². The average Bonchev–Trinajstić information content (AvgIpc) is 2.12. The number of anilines is 1. The first-order chi connectivity index (χ1) is 6.49. The summed E-state index contributed by atoms with van der Waals surface area (Å²) in [4.78, 5) is 21.9. The molecule has 0 aliphatic heterocycles. The van der Waals surface area contributed by atoms with Gasteiger partial charge in [0.1, 0.15) is 0 Å². The second-order valence-corrected chi connectivity index (χ2v) is 3.37. The van der Waals surface area contributed by atoms with Gasteiger partial charge in [-0.05, 0) is 38.0 Å². The Kier molecular flexibility index (Phi) is 2.70. The zero-order valence-corrected chi connectivity index (χ0v) is 8.55. The van der Waals surface area contributed by atoms with Crippen molar-refractivity contribution in [2.24, 2.45) is 0 Å². The number of ketones is 1. The Morgan fingerprint density at radius 2 is 2.00 bits per heavy atom. The summed E-state index contributed by atoms with van der Waals surface area (Å²) in [5, 5.41) is 0. The molecule has 1 aromatic rings. The van der Waals surface area contributed by atoms with Gasteiger partial charge in [0.2, 0.25) is 0 Å². The van der Waals surface area contributed by atoms with Gasteiger partial charge in [0.25, 0.3) is 0 Å². The van der Waals surface area contributed by atoms with Crippen molar-refractivity contribution in [2.45, 2.75) is 20.8 Å². The molecule has 14 heavy (non-hydrogen) atoms. The van der Waals surface area contributed by atoms with E-state index in [0.29, 0.717) is 22.4 Å². The van der Waals surface area contributed by atoms with E-state index in [4.69, 9.17) is 5.73 Å². The lowest BCUT2D eigenvalue weighted by atomic mass is 9.96. The number of aldehydes is 1. The third-order valence-corrected chi connectivity index (χ3v) is 2.38. The van der Waals surface area contributed by atoms with Crippen LogP contribution in [-0.2, 0) is 0 Å². The number of aryl methyl sites for hydroxylation is 1. The molecule has 3 nitrogen and oxygen atoms in total. The molecule has 0 amide bonds. The Hall–Kier alpha value is -1.64. The molecule has 0 radical (unpaired) electrons. The van der Waals surface area contributed by atoms with Crippen LogP contribution in [0, 0.1) is 13.8 Å². The van der Waals surface area contributed by atoms with Crippen molar-refractivity contribution in [3.8, 4) is 0 Å². The molecule has 0 aromatic heterocycles. The number of rotatable bonds is 2. The zero-order chi connectivity index (χ0) is 10.9. The maximum Gasteiger partial charge on any atom is 0.161 e. The van der Waals surface area contributed by atoms with E-state index in [1.165, 1.54) is 6.92 Å². The fraction of sp³-hybridized carbons (Fsp3) is 0.273. The molecule has 0 spiro atoms. The summed E-state index contributed by atoms with van der Waals surface area (Å²) in [6.45, 7) is 5.01. The Labute approximate surface area is 82.9 Å². The monoisotopic (exact) mass is 191 g/mol. The molecule has 0 bridgehead atoms. The molecule has 0 aliphatic rings. The minimum atomic E-state index is -0.0776. The SMILES string of the molecule is CC(=O)c1cc(C)c(C=O)c(C)c1N. The second kappa shape index (κ2) is 3.62. The molecule has 0 saturated heterocycles. The van der Waals surface area contributed by atoms with Crippen LogP contribution in [-0.4, -0.2) is 12.1 Å². The molecule has 0 aliphatic carbocycles. The van der Waals surface area contributed by atoms with Crippen molar-refractivity contribution in [3.05, 3.63) is 28.3 Å². The van der Waals surface area contributed by atoms with Gasteiger partial charge in [0, 0.05) is 16.8 Å². The zero-order valence-electron chi connectivity index (χ0n) is 8.55. The fourth-order valence-electron chi connectivity index (χ4n) is 1.49. The van der Waals surface area contributed by atoms with Crippen LogP contribution in [0.1, 0.15) is 38.8 Å². The van der Waals surface area contributed by atoms with E-state index >= 15 is 0 Å². The van der Waals surface area contributed by atoms with E-state index in [1.54, 1.807) is 19.9 Å². The Morgan fingerprint density at radius 1 is 1.43 bits per heavy atom. The Morgan fingerprint density at radius 3 is 2.43 bits per heavy atom. The van der Waals surface area contributed by atoms with E-state index in [0.717, 1.165) is 11.8 Å². The summed E-state index contributed by atoms with van der Waals surface area (Å²) in [5.41, 5.74) is 8.70. The van der Waals surface area contributed by atoms with Gasteiger partial charge in [0.15, 0.2) is 12.1 Å². The van der Waals surface area contributed by atoms with Crippen molar-refractivity contribution < 1.29 is 9.59 Å². The van der Waals surface area contributed by atoms with Crippen molar-refractivity contribution in [3.63, 3.8) is 0 Å². The number of nitrogens with two attached hydrogens (primary N) is 1. The second-order valence-electron chi connectivity index (χ2n) is 3.37. The van der Waals surface area contributed by atoms with Gasteiger partial charge in [-0.1, -0.05) is 0 Å². The lowest BCUT2D eigenvalue weighted by Gasteiger charge is -2.10. The first-order valence-corrected chi connectivity index (χ1v) is 4.34. The van der Waals surface area contributed by atoms with E-state index < -0.39 is 0 Å². The van der Waals surface area contributed by atoms with E-state index in [9.17, 15) is 9.59 Å². The molecule has 74 valence electrons. The average molecular weight is 191 g/mol. The van der Waals surface area contributed by atoms with Crippen molar-refractivity contribution in [2.75, 3.05) is 5.73 Å². The third-order valence-electron chi connectivity index (χ3n) is 2.38. The summed E-state index contributed by atoms with van der Waals surface area (Å²) in [7, 11) is 0. The number of hydrogen-bond acceptors (Lipinski definition) is 3. The summed E-state index contributed by atoms with van der Waals surface area (Å²) in [6, 6.07) is 1.66. The van der Waals surface area contributed by atoms with Gasteiger partial charge in [-0.2, -0.15) is 0 Å². The standard InChI is InChI=1S/C11H13NO2/c1-6-4-9(8(3)14)11(12)7(2)10(6)5-13/h4-5H,12H2,1-3H3. The number of carbonyl (C=O) groups excluding carboxylic acids is 2. The number of benzene rings is 1. The van der Waals surface area contributed by atoms with E-state index in [2.05, 4.69) is 0 Å². The van der Waals surface area contributed by atoms with Crippen LogP contribution in [0.5, 0.6) is 0 Å². The number of hydrogen-bond donors (Lipinski definition) is 1.